The van der Waals surface area contributed by atoms with Crippen LogP contribution in [0, 0.1) is 5.92 Å². The van der Waals surface area contributed by atoms with Crippen LogP contribution >= 0.6 is 0 Å². The number of carbonyl (C=O) groups is 2. The molecule has 1 saturated heterocycles. The third-order valence-electron chi connectivity index (χ3n) is 5.23. The zero-order chi connectivity index (χ0) is 13.6. The molecule has 1 spiro atoms. The number of carbonyl (C=O) groups excluding carboxylic acids is 2. The number of rotatable bonds is 3. The molecular formula is C15H24N2O2. The quantitative estimate of drug-likeness (QED) is 0.845. The highest BCUT2D eigenvalue weighted by Crippen LogP contribution is 2.43. The van der Waals surface area contributed by atoms with Crippen molar-refractivity contribution in [2.24, 2.45) is 5.92 Å². The second-order valence-corrected chi connectivity index (χ2v) is 6.49. The normalized spacial score (nSPS) is 31.7. The van der Waals surface area contributed by atoms with E-state index in [1.54, 1.807) is 0 Å². The Bertz CT molecular complexity index is 397. The first kappa shape index (κ1) is 12.9. The van der Waals surface area contributed by atoms with E-state index < -0.39 is 5.54 Å². The SMILES string of the molecule is CCC(C)N1C(=O)C(C2CC2)NC(=O)C12CCCC2. The Morgan fingerprint density at radius 1 is 1.32 bits per heavy atom. The summed E-state index contributed by atoms with van der Waals surface area (Å²) in [6.07, 6.45) is 6.87. The van der Waals surface area contributed by atoms with E-state index in [9.17, 15) is 9.59 Å². The molecule has 1 N–H and O–H groups in total. The molecule has 0 radical (unpaired) electrons. The lowest BCUT2D eigenvalue weighted by atomic mass is 9.86. The van der Waals surface area contributed by atoms with E-state index in [0.717, 1.165) is 44.9 Å². The first-order chi connectivity index (χ1) is 9.10. The predicted octanol–water partition coefficient (Wildman–Crippen LogP) is 1.83. The standard InChI is InChI=1S/C15H24N2O2/c1-3-10(2)17-13(18)12(11-6-7-11)16-14(19)15(17)8-4-5-9-15/h10-12H,3-9H2,1-2H3,(H,16,19). The van der Waals surface area contributed by atoms with E-state index in [1.165, 1.54) is 0 Å². The highest BCUT2D eigenvalue weighted by molar-refractivity contribution is 6.00. The molecule has 0 bridgehead atoms. The van der Waals surface area contributed by atoms with Crippen molar-refractivity contribution in [2.45, 2.75) is 76.4 Å². The van der Waals surface area contributed by atoms with Crippen molar-refractivity contribution < 1.29 is 9.59 Å². The molecule has 2 saturated carbocycles. The monoisotopic (exact) mass is 264 g/mol. The van der Waals surface area contributed by atoms with E-state index in [2.05, 4.69) is 19.2 Å². The Morgan fingerprint density at radius 3 is 2.47 bits per heavy atom. The van der Waals surface area contributed by atoms with Gasteiger partial charge in [0.15, 0.2) is 0 Å². The maximum Gasteiger partial charge on any atom is 0.246 e. The molecule has 1 aliphatic heterocycles. The van der Waals surface area contributed by atoms with Gasteiger partial charge >= 0.3 is 0 Å². The molecular weight excluding hydrogens is 240 g/mol. The maximum absolute atomic E-state index is 12.8. The zero-order valence-electron chi connectivity index (χ0n) is 11.9. The first-order valence-electron chi connectivity index (χ1n) is 7.74. The van der Waals surface area contributed by atoms with Crippen molar-refractivity contribution >= 4 is 11.8 Å². The van der Waals surface area contributed by atoms with Gasteiger partial charge in [-0.25, -0.2) is 0 Å². The molecule has 4 nitrogen and oxygen atoms in total. The number of nitrogens with one attached hydrogen (secondary N) is 1. The topological polar surface area (TPSA) is 49.4 Å². The van der Waals surface area contributed by atoms with Gasteiger partial charge in [-0.3, -0.25) is 9.59 Å². The second-order valence-electron chi connectivity index (χ2n) is 6.49. The van der Waals surface area contributed by atoms with Crippen molar-refractivity contribution in [3.05, 3.63) is 0 Å². The van der Waals surface area contributed by atoms with Crippen LogP contribution in [0.5, 0.6) is 0 Å². The molecule has 3 rings (SSSR count). The molecule has 0 aromatic rings. The fourth-order valence-corrected chi connectivity index (χ4v) is 3.81. The van der Waals surface area contributed by atoms with E-state index in [4.69, 9.17) is 0 Å². The molecule has 1 heterocycles. The van der Waals surface area contributed by atoms with Crippen molar-refractivity contribution in [3.63, 3.8) is 0 Å². The van der Waals surface area contributed by atoms with E-state index in [-0.39, 0.29) is 23.9 Å². The van der Waals surface area contributed by atoms with Crippen LogP contribution in [-0.4, -0.2) is 34.3 Å². The number of piperazine rings is 1. The average molecular weight is 264 g/mol. The van der Waals surface area contributed by atoms with Gasteiger partial charge < -0.3 is 10.2 Å². The molecule has 2 amide bonds. The molecule has 4 heteroatoms. The smallest absolute Gasteiger partial charge is 0.246 e. The van der Waals surface area contributed by atoms with Gasteiger partial charge in [-0.05, 0) is 44.9 Å². The second kappa shape index (κ2) is 4.50. The summed E-state index contributed by atoms with van der Waals surface area (Å²) in [7, 11) is 0. The first-order valence-corrected chi connectivity index (χ1v) is 7.74. The number of amides is 2. The van der Waals surface area contributed by atoms with Crippen molar-refractivity contribution in [1.82, 2.24) is 10.2 Å². The van der Waals surface area contributed by atoms with Crippen LogP contribution < -0.4 is 5.32 Å². The Hall–Kier alpha value is -1.06. The van der Waals surface area contributed by atoms with Crippen molar-refractivity contribution in [2.75, 3.05) is 0 Å². The Labute approximate surface area is 114 Å². The number of hydrogen-bond donors (Lipinski definition) is 1. The summed E-state index contributed by atoms with van der Waals surface area (Å²) in [5, 5.41) is 3.04. The summed E-state index contributed by atoms with van der Waals surface area (Å²) in [5.74, 6) is 0.682. The van der Waals surface area contributed by atoms with Gasteiger partial charge in [0, 0.05) is 6.04 Å². The summed E-state index contributed by atoms with van der Waals surface area (Å²) < 4.78 is 0. The van der Waals surface area contributed by atoms with Gasteiger partial charge in [0.05, 0.1) is 0 Å². The molecule has 106 valence electrons. The molecule has 2 atom stereocenters. The minimum atomic E-state index is -0.530. The summed E-state index contributed by atoms with van der Waals surface area (Å²) in [6.45, 7) is 4.18. The molecule has 0 aromatic carbocycles. The lowest BCUT2D eigenvalue weighted by molar-refractivity contribution is -0.161. The van der Waals surface area contributed by atoms with Gasteiger partial charge in [-0.1, -0.05) is 19.8 Å². The lowest BCUT2D eigenvalue weighted by Crippen LogP contribution is -2.71. The number of nitrogens with zero attached hydrogens (tertiary/aromatic N) is 1. The van der Waals surface area contributed by atoms with Gasteiger partial charge in [0.25, 0.3) is 0 Å². The zero-order valence-corrected chi connectivity index (χ0v) is 11.9. The summed E-state index contributed by atoms with van der Waals surface area (Å²) in [5.41, 5.74) is -0.530. The van der Waals surface area contributed by atoms with E-state index in [1.807, 2.05) is 4.90 Å². The highest BCUT2D eigenvalue weighted by atomic mass is 16.2. The molecule has 19 heavy (non-hydrogen) atoms. The lowest BCUT2D eigenvalue weighted by Gasteiger charge is -2.49. The molecule has 0 aromatic heterocycles. The third-order valence-corrected chi connectivity index (χ3v) is 5.23. The summed E-state index contributed by atoms with van der Waals surface area (Å²) >= 11 is 0. The molecule has 3 aliphatic rings. The van der Waals surface area contributed by atoms with Crippen LogP contribution in [0.1, 0.15) is 58.8 Å². The molecule has 2 aliphatic carbocycles. The average Bonchev–Trinajstić information content (AvgIpc) is 3.13. The van der Waals surface area contributed by atoms with Crippen LogP contribution in [0.4, 0.5) is 0 Å². The maximum atomic E-state index is 12.8. The Balaban J connectivity index is 1.94. The van der Waals surface area contributed by atoms with Crippen molar-refractivity contribution in [3.8, 4) is 0 Å². The van der Waals surface area contributed by atoms with Crippen LogP contribution in [-0.2, 0) is 9.59 Å². The summed E-state index contributed by atoms with van der Waals surface area (Å²) in [6, 6.07) is -0.0781. The summed E-state index contributed by atoms with van der Waals surface area (Å²) in [4.78, 5) is 27.4. The van der Waals surface area contributed by atoms with E-state index in [0.29, 0.717) is 5.92 Å². The van der Waals surface area contributed by atoms with Gasteiger partial charge in [0.1, 0.15) is 11.6 Å². The largest absolute Gasteiger partial charge is 0.342 e. The minimum Gasteiger partial charge on any atom is -0.342 e. The number of hydrogen-bond acceptors (Lipinski definition) is 2. The Kier molecular flexibility index (Phi) is 3.06. The fraction of sp³-hybridized carbons (Fsp3) is 0.867. The van der Waals surface area contributed by atoms with Gasteiger partial charge in [-0.15, -0.1) is 0 Å². The molecule has 3 fully saturated rings. The van der Waals surface area contributed by atoms with Crippen molar-refractivity contribution in [1.29, 1.82) is 0 Å². The van der Waals surface area contributed by atoms with Crippen LogP contribution in [0.25, 0.3) is 0 Å². The van der Waals surface area contributed by atoms with Gasteiger partial charge in [0.2, 0.25) is 11.8 Å². The molecule has 2 unspecified atom stereocenters. The highest BCUT2D eigenvalue weighted by Gasteiger charge is 2.57. The Morgan fingerprint density at radius 2 is 1.95 bits per heavy atom. The van der Waals surface area contributed by atoms with Crippen LogP contribution in [0.3, 0.4) is 0 Å². The van der Waals surface area contributed by atoms with E-state index >= 15 is 0 Å². The van der Waals surface area contributed by atoms with Crippen LogP contribution in [0.15, 0.2) is 0 Å². The fourth-order valence-electron chi connectivity index (χ4n) is 3.81. The van der Waals surface area contributed by atoms with Gasteiger partial charge in [-0.2, -0.15) is 0 Å². The minimum absolute atomic E-state index is 0.113. The third kappa shape index (κ3) is 1.87. The predicted molar refractivity (Wildman–Crippen MR) is 72.5 cm³/mol. The van der Waals surface area contributed by atoms with Crippen LogP contribution in [0.2, 0.25) is 0 Å².